The molecule has 2 aromatic carbocycles. The fourth-order valence-corrected chi connectivity index (χ4v) is 2.63. The Morgan fingerprint density at radius 3 is 2.32 bits per heavy atom. The summed E-state index contributed by atoms with van der Waals surface area (Å²) in [4.78, 5) is 0. The third-order valence-corrected chi connectivity index (χ3v) is 3.83. The van der Waals surface area contributed by atoms with Gasteiger partial charge in [0.1, 0.15) is 0 Å². The van der Waals surface area contributed by atoms with Crippen molar-refractivity contribution >= 4 is 21.8 Å². The Hall–Kier alpha value is -1.96. The van der Waals surface area contributed by atoms with Gasteiger partial charge in [-0.1, -0.05) is 39.0 Å². The van der Waals surface area contributed by atoms with Crippen LogP contribution in [0, 0.1) is 6.92 Å². The number of benzene rings is 2. The number of aryl methyl sites for hydroxylation is 1. The van der Waals surface area contributed by atoms with E-state index in [1.165, 1.54) is 21.9 Å². The normalized spacial score (nSPS) is 12.4. The zero-order chi connectivity index (χ0) is 13.8. The van der Waals surface area contributed by atoms with Crippen LogP contribution in [-0.4, -0.2) is 4.68 Å². The van der Waals surface area contributed by atoms with Gasteiger partial charge in [0.25, 0.3) is 0 Å². The molecule has 1 heterocycles. The van der Waals surface area contributed by atoms with E-state index in [1.54, 1.807) is 4.68 Å². The lowest BCUT2D eigenvalue weighted by Crippen LogP contribution is -2.11. The Kier molecular flexibility index (Phi) is 2.40. The number of hydrogen-bond acceptors (Lipinski definition) is 1. The van der Waals surface area contributed by atoms with Crippen molar-refractivity contribution in [1.82, 2.24) is 4.68 Å². The molecule has 0 aliphatic heterocycles. The van der Waals surface area contributed by atoms with Gasteiger partial charge in [-0.3, -0.25) is 4.68 Å². The van der Waals surface area contributed by atoms with Gasteiger partial charge in [0.05, 0.1) is 11.0 Å². The lowest BCUT2D eigenvalue weighted by molar-refractivity contribution is 0.591. The minimum absolute atomic E-state index is 0.155. The summed E-state index contributed by atoms with van der Waals surface area (Å²) in [6.45, 7) is 8.80. The van der Waals surface area contributed by atoms with Crippen LogP contribution in [0.1, 0.15) is 31.9 Å². The summed E-state index contributed by atoms with van der Waals surface area (Å²) in [6.07, 6.45) is 0. The highest BCUT2D eigenvalue weighted by molar-refractivity contribution is 6.08. The molecule has 0 spiro atoms. The first-order valence-corrected chi connectivity index (χ1v) is 6.68. The molecule has 19 heavy (non-hydrogen) atoms. The molecule has 2 nitrogen and oxygen atoms in total. The van der Waals surface area contributed by atoms with Crippen molar-refractivity contribution in [2.75, 3.05) is 5.84 Å². The Balaban J connectivity index is 2.43. The predicted molar refractivity (Wildman–Crippen MR) is 83.0 cm³/mol. The predicted octanol–water partition coefficient (Wildman–Crippen LogP) is 4.11. The number of nitrogens with zero attached hydrogens (tertiary/aromatic N) is 1. The second-order valence-electron chi connectivity index (χ2n) is 6.37. The first-order chi connectivity index (χ1) is 8.88. The molecule has 0 saturated heterocycles. The summed E-state index contributed by atoms with van der Waals surface area (Å²) in [5.74, 6) is 6.22. The SMILES string of the molecule is Cc1ccc2c3cc(C(C)(C)C)ccc3n(N)c2c1. The van der Waals surface area contributed by atoms with E-state index in [0.29, 0.717) is 0 Å². The van der Waals surface area contributed by atoms with E-state index in [4.69, 9.17) is 5.84 Å². The number of aromatic nitrogens is 1. The monoisotopic (exact) mass is 252 g/mol. The van der Waals surface area contributed by atoms with E-state index in [-0.39, 0.29) is 5.41 Å². The maximum atomic E-state index is 6.22. The lowest BCUT2D eigenvalue weighted by atomic mass is 9.86. The molecular formula is C17H20N2. The Morgan fingerprint density at radius 1 is 0.895 bits per heavy atom. The molecule has 0 unspecified atom stereocenters. The third-order valence-electron chi connectivity index (χ3n) is 3.83. The Labute approximate surface area is 113 Å². The van der Waals surface area contributed by atoms with E-state index >= 15 is 0 Å². The van der Waals surface area contributed by atoms with Crippen LogP contribution >= 0.6 is 0 Å². The quantitative estimate of drug-likeness (QED) is 0.600. The Morgan fingerprint density at radius 2 is 1.63 bits per heavy atom. The fraction of sp³-hybridized carbons (Fsp3) is 0.294. The highest BCUT2D eigenvalue weighted by atomic mass is 15.3. The van der Waals surface area contributed by atoms with Crippen LogP contribution in [0.3, 0.4) is 0 Å². The van der Waals surface area contributed by atoms with Crippen molar-refractivity contribution in [2.45, 2.75) is 33.1 Å². The van der Waals surface area contributed by atoms with Gasteiger partial charge in [0, 0.05) is 10.8 Å². The summed E-state index contributed by atoms with van der Waals surface area (Å²) < 4.78 is 1.80. The van der Waals surface area contributed by atoms with E-state index in [2.05, 4.69) is 64.1 Å². The van der Waals surface area contributed by atoms with E-state index < -0.39 is 0 Å². The van der Waals surface area contributed by atoms with Crippen molar-refractivity contribution in [2.24, 2.45) is 0 Å². The zero-order valence-corrected chi connectivity index (χ0v) is 12.0. The number of hydrogen-bond donors (Lipinski definition) is 1. The van der Waals surface area contributed by atoms with Crippen LogP contribution in [-0.2, 0) is 5.41 Å². The zero-order valence-electron chi connectivity index (χ0n) is 12.0. The molecule has 0 atom stereocenters. The van der Waals surface area contributed by atoms with Gasteiger partial charge in [-0.25, -0.2) is 0 Å². The van der Waals surface area contributed by atoms with Crippen molar-refractivity contribution < 1.29 is 0 Å². The highest BCUT2D eigenvalue weighted by Crippen LogP contribution is 2.32. The van der Waals surface area contributed by atoms with Crippen molar-refractivity contribution in [3.8, 4) is 0 Å². The second-order valence-corrected chi connectivity index (χ2v) is 6.37. The molecule has 0 radical (unpaired) electrons. The van der Waals surface area contributed by atoms with Gasteiger partial charge in [-0.2, -0.15) is 0 Å². The molecule has 0 aliphatic rings. The van der Waals surface area contributed by atoms with Gasteiger partial charge >= 0.3 is 0 Å². The standard InChI is InChI=1S/C17H20N2/c1-11-5-7-13-14-10-12(17(2,3)4)6-8-15(14)19(18)16(13)9-11/h5-10H,18H2,1-4H3. The van der Waals surface area contributed by atoms with Crippen LogP contribution < -0.4 is 5.84 Å². The second kappa shape index (κ2) is 3.77. The molecule has 0 fully saturated rings. The first kappa shape index (κ1) is 12.1. The van der Waals surface area contributed by atoms with Gasteiger partial charge in [-0.05, 0) is 41.7 Å². The number of nitrogen functional groups attached to an aromatic ring is 1. The van der Waals surface area contributed by atoms with E-state index in [9.17, 15) is 0 Å². The van der Waals surface area contributed by atoms with Crippen molar-refractivity contribution in [3.05, 3.63) is 47.5 Å². The largest absolute Gasteiger partial charge is 0.339 e. The van der Waals surface area contributed by atoms with Crippen molar-refractivity contribution in [1.29, 1.82) is 0 Å². The lowest BCUT2D eigenvalue weighted by Gasteiger charge is -2.19. The smallest absolute Gasteiger partial charge is 0.0706 e. The summed E-state index contributed by atoms with van der Waals surface area (Å²) in [7, 11) is 0. The molecule has 0 saturated carbocycles. The number of fused-ring (bicyclic) bond motifs is 3. The van der Waals surface area contributed by atoms with E-state index in [1.807, 2.05) is 0 Å². The molecule has 3 rings (SSSR count). The maximum Gasteiger partial charge on any atom is 0.0706 e. The molecule has 1 aromatic heterocycles. The minimum atomic E-state index is 0.155. The number of nitrogens with two attached hydrogens (primary N) is 1. The molecule has 98 valence electrons. The van der Waals surface area contributed by atoms with Crippen molar-refractivity contribution in [3.63, 3.8) is 0 Å². The van der Waals surface area contributed by atoms with Crippen LogP contribution in [0.2, 0.25) is 0 Å². The average molecular weight is 252 g/mol. The van der Waals surface area contributed by atoms with Crippen LogP contribution in [0.25, 0.3) is 21.8 Å². The molecule has 0 bridgehead atoms. The third kappa shape index (κ3) is 1.79. The minimum Gasteiger partial charge on any atom is -0.339 e. The summed E-state index contributed by atoms with van der Waals surface area (Å²) >= 11 is 0. The highest BCUT2D eigenvalue weighted by Gasteiger charge is 2.16. The van der Waals surface area contributed by atoms with Gasteiger partial charge < -0.3 is 5.84 Å². The summed E-state index contributed by atoms with van der Waals surface area (Å²) in [6, 6.07) is 13.0. The van der Waals surface area contributed by atoms with Gasteiger partial charge in [0.2, 0.25) is 0 Å². The Bertz CT molecular complexity index is 773. The summed E-state index contributed by atoms with van der Waals surface area (Å²) in [5, 5.41) is 2.47. The maximum absolute atomic E-state index is 6.22. The molecule has 0 aliphatic carbocycles. The molecule has 3 aromatic rings. The van der Waals surface area contributed by atoms with Gasteiger partial charge in [0.15, 0.2) is 0 Å². The number of rotatable bonds is 0. The summed E-state index contributed by atoms with van der Waals surface area (Å²) in [5.41, 5.74) is 4.92. The van der Waals surface area contributed by atoms with Crippen LogP contribution in [0.15, 0.2) is 36.4 Å². The average Bonchev–Trinajstić information content (AvgIpc) is 2.61. The van der Waals surface area contributed by atoms with Crippen LogP contribution in [0.5, 0.6) is 0 Å². The molecule has 2 N–H and O–H groups in total. The first-order valence-electron chi connectivity index (χ1n) is 6.68. The van der Waals surface area contributed by atoms with Gasteiger partial charge in [-0.15, -0.1) is 0 Å². The topological polar surface area (TPSA) is 30.9 Å². The molecule has 2 heteroatoms. The fourth-order valence-electron chi connectivity index (χ4n) is 2.63. The van der Waals surface area contributed by atoms with E-state index in [0.717, 1.165) is 11.0 Å². The van der Waals surface area contributed by atoms with Crippen LogP contribution in [0.4, 0.5) is 0 Å². The molecular weight excluding hydrogens is 232 g/mol. The molecule has 0 amide bonds.